The van der Waals surface area contributed by atoms with Gasteiger partial charge in [0.15, 0.2) is 0 Å². The zero-order valence-corrected chi connectivity index (χ0v) is 16.0. The van der Waals surface area contributed by atoms with Gasteiger partial charge in [-0.05, 0) is 30.2 Å². The Hall–Kier alpha value is -3.17. The van der Waals surface area contributed by atoms with Crippen molar-refractivity contribution in [2.75, 3.05) is 19.0 Å². The molecule has 0 saturated heterocycles. The third-order valence-electron chi connectivity index (χ3n) is 4.14. The number of hydrogen-bond acceptors (Lipinski definition) is 5. The minimum atomic E-state index is -0.329. The van der Waals surface area contributed by atoms with Gasteiger partial charge < -0.3 is 10.1 Å². The third-order valence-corrected chi connectivity index (χ3v) is 4.49. The van der Waals surface area contributed by atoms with Crippen molar-refractivity contribution in [3.05, 3.63) is 70.5 Å². The Morgan fingerprint density at radius 1 is 1.18 bits per heavy atom. The SMILES string of the molecule is COc1nc(NCCc2c(F)cccc2Cl)cc(-c2cccc(CC#N)c2)n1. The summed E-state index contributed by atoms with van der Waals surface area (Å²) < 4.78 is 19.1. The summed E-state index contributed by atoms with van der Waals surface area (Å²) in [6, 6.07) is 16.4. The van der Waals surface area contributed by atoms with Gasteiger partial charge in [-0.25, -0.2) is 4.39 Å². The molecule has 0 aliphatic heterocycles. The summed E-state index contributed by atoms with van der Waals surface area (Å²) in [5.74, 6) is 0.226. The van der Waals surface area contributed by atoms with Gasteiger partial charge in [0, 0.05) is 28.8 Å². The van der Waals surface area contributed by atoms with Crippen LogP contribution in [0.2, 0.25) is 5.02 Å². The predicted octanol–water partition coefficient (Wildman–Crippen LogP) is 4.67. The highest BCUT2D eigenvalue weighted by Crippen LogP contribution is 2.24. The van der Waals surface area contributed by atoms with Crippen LogP contribution in [-0.4, -0.2) is 23.6 Å². The van der Waals surface area contributed by atoms with E-state index in [-0.39, 0.29) is 11.8 Å². The van der Waals surface area contributed by atoms with Crippen molar-refractivity contribution in [2.24, 2.45) is 0 Å². The second kappa shape index (κ2) is 9.16. The molecule has 7 heteroatoms. The highest BCUT2D eigenvalue weighted by molar-refractivity contribution is 6.31. The lowest BCUT2D eigenvalue weighted by atomic mass is 10.1. The maximum atomic E-state index is 13.9. The molecule has 0 aliphatic rings. The molecule has 0 bridgehead atoms. The largest absolute Gasteiger partial charge is 0.467 e. The van der Waals surface area contributed by atoms with E-state index in [1.165, 1.54) is 13.2 Å². The first-order valence-corrected chi connectivity index (χ1v) is 9.04. The van der Waals surface area contributed by atoms with Crippen LogP contribution >= 0.6 is 11.6 Å². The monoisotopic (exact) mass is 396 g/mol. The van der Waals surface area contributed by atoms with Gasteiger partial charge in [0.2, 0.25) is 0 Å². The maximum Gasteiger partial charge on any atom is 0.318 e. The summed E-state index contributed by atoms with van der Waals surface area (Å²) in [4.78, 5) is 8.67. The Balaban J connectivity index is 1.80. The number of aromatic nitrogens is 2. The number of hydrogen-bond donors (Lipinski definition) is 1. The topological polar surface area (TPSA) is 70.8 Å². The molecule has 1 heterocycles. The quantitative estimate of drug-likeness (QED) is 0.628. The molecule has 3 aromatic rings. The van der Waals surface area contributed by atoms with Crippen LogP contribution in [0.3, 0.4) is 0 Å². The summed E-state index contributed by atoms with van der Waals surface area (Å²) in [5.41, 5.74) is 2.88. The zero-order valence-electron chi connectivity index (χ0n) is 15.2. The number of nitrogens with one attached hydrogen (secondary N) is 1. The molecule has 0 unspecified atom stereocenters. The van der Waals surface area contributed by atoms with Crippen LogP contribution in [0, 0.1) is 17.1 Å². The summed E-state index contributed by atoms with van der Waals surface area (Å²) in [7, 11) is 1.49. The number of halogens is 2. The first-order chi connectivity index (χ1) is 13.6. The lowest BCUT2D eigenvalue weighted by molar-refractivity contribution is 0.381. The van der Waals surface area contributed by atoms with Crippen molar-refractivity contribution in [1.82, 2.24) is 9.97 Å². The van der Waals surface area contributed by atoms with Gasteiger partial charge in [-0.3, -0.25) is 0 Å². The summed E-state index contributed by atoms with van der Waals surface area (Å²) >= 11 is 6.07. The summed E-state index contributed by atoms with van der Waals surface area (Å²) in [5, 5.41) is 12.5. The molecular formula is C21H18ClFN4O. The normalized spacial score (nSPS) is 10.4. The Kier molecular flexibility index (Phi) is 6.41. The number of methoxy groups -OCH3 is 1. The molecule has 0 amide bonds. The molecule has 1 N–H and O–H groups in total. The van der Waals surface area contributed by atoms with Crippen LogP contribution in [0.25, 0.3) is 11.3 Å². The fourth-order valence-corrected chi connectivity index (χ4v) is 3.03. The van der Waals surface area contributed by atoms with Crippen molar-refractivity contribution < 1.29 is 9.13 Å². The van der Waals surface area contributed by atoms with Crippen molar-refractivity contribution >= 4 is 17.4 Å². The summed E-state index contributed by atoms with van der Waals surface area (Å²) in [6.07, 6.45) is 0.732. The molecule has 0 saturated carbocycles. The maximum absolute atomic E-state index is 13.9. The number of anilines is 1. The highest BCUT2D eigenvalue weighted by Gasteiger charge is 2.10. The number of rotatable bonds is 7. The number of nitriles is 1. The van der Waals surface area contributed by atoms with E-state index < -0.39 is 0 Å². The van der Waals surface area contributed by atoms with Crippen LogP contribution in [-0.2, 0) is 12.8 Å². The first-order valence-electron chi connectivity index (χ1n) is 8.67. The molecule has 1 aromatic heterocycles. The number of nitrogens with zero attached hydrogens (tertiary/aromatic N) is 3. The zero-order chi connectivity index (χ0) is 19.9. The van der Waals surface area contributed by atoms with Crippen molar-refractivity contribution in [3.8, 4) is 23.3 Å². The number of benzene rings is 2. The highest BCUT2D eigenvalue weighted by atomic mass is 35.5. The molecule has 2 aromatic carbocycles. The third kappa shape index (κ3) is 4.76. The fourth-order valence-electron chi connectivity index (χ4n) is 2.77. The standard InChI is InChI=1S/C21H18ClFN4O/c1-28-21-26-19(15-5-2-4-14(12-15)8-10-24)13-20(27-21)25-11-9-16-17(22)6-3-7-18(16)23/h2-7,12-13H,8-9,11H2,1H3,(H,25,26,27). The van der Waals surface area contributed by atoms with Gasteiger partial charge in [-0.2, -0.15) is 15.2 Å². The van der Waals surface area contributed by atoms with Crippen LogP contribution in [0.15, 0.2) is 48.5 Å². The van der Waals surface area contributed by atoms with Crippen LogP contribution in [0.4, 0.5) is 10.2 Å². The van der Waals surface area contributed by atoms with Gasteiger partial charge in [0.05, 0.1) is 25.3 Å². The van der Waals surface area contributed by atoms with E-state index >= 15 is 0 Å². The molecule has 5 nitrogen and oxygen atoms in total. The molecule has 28 heavy (non-hydrogen) atoms. The molecule has 142 valence electrons. The Labute approximate surface area is 167 Å². The fraction of sp³-hybridized carbons (Fsp3) is 0.190. The van der Waals surface area contributed by atoms with Gasteiger partial charge in [-0.1, -0.05) is 35.9 Å². The molecular weight excluding hydrogens is 379 g/mol. The van der Waals surface area contributed by atoms with E-state index in [2.05, 4.69) is 21.4 Å². The van der Waals surface area contributed by atoms with Gasteiger partial charge >= 0.3 is 6.01 Å². The number of ether oxygens (including phenoxy) is 1. The lowest BCUT2D eigenvalue weighted by Crippen LogP contribution is -2.09. The average Bonchev–Trinajstić information content (AvgIpc) is 2.70. The van der Waals surface area contributed by atoms with E-state index in [1.54, 1.807) is 18.2 Å². The molecule has 0 atom stereocenters. The van der Waals surface area contributed by atoms with Crippen molar-refractivity contribution in [3.63, 3.8) is 0 Å². The van der Waals surface area contributed by atoms with E-state index in [4.69, 9.17) is 21.6 Å². The van der Waals surface area contributed by atoms with E-state index in [9.17, 15) is 4.39 Å². The van der Waals surface area contributed by atoms with Gasteiger partial charge in [0.1, 0.15) is 11.6 Å². The molecule has 0 radical (unpaired) electrons. The van der Waals surface area contributed by atoms with Crippen molar-refractivity contribution in [2.45, 2.75) is 12.8 Å². The smallest absolute Gasteiger partial charge is 0.318 e. The predicted molar refractivity (Wildman–Crippen MR) is 107 cm³/mol. The molecule has 0 spiro atoms. The Bertz CT molecular complexity index is 999. The van der Waals surface area contributed by atoms with E-state index in [0.717, 1.165) is 11.1 Å². The Morgan fingerprint density at radius 3 is 2.75 bits per heavy atom. The second-order valence-electron chi connectivity index (χ2n) is 6.04. The van der Waals surface area contributed by atoms with Crippen LogP contribution in [0.1, 0.15) is 11.1 Å². The molecule has 3 rings (SSSR count). The Morgan fingerprint density at radius 2 is 2.00 bits per heavy atom. The minimum absolute atomic E-state index is 0.217. The van der Waals surface area contributed by atoms with E-state index in [0.29, 0.717) is 41.5 Å². The van der Waals surface area contributed by atoms with Gasteiger partial charge in [-0.15, -0.1) is 0 Å². The molecule has 0 fully saturated rings. The van der Waals surface area contributed by atoms with Crippen LogP contribution in [0.5, 0.6) is 6.01 Å². The first kappa shape index (κ1) is 19.6. The minimum Gasteiger partial charge on any atom is -0.467 e. The van der Waals surface area contributed by atoms with Crippen molar-refractivity contribution in [1.29, 1.82) is 5.26 Å². The average molecular weight is 397 g/mol. The van der Waals surface area contributed by atoms with E-state index in [1.807, 2.05) is 24.3 Å². The molecule has 0 aliphatic carbocycles. The van der Waals surface area contributed by atoms with Gasteiger partial charge in [0.25, 0.3) is 0 Å². The van der Waals surface area contributed by atoms with Crippen LogP contribution < -0.4 is 10.1 Å². The lowest BCUT2D eigenvalue weighted by Gasteiger charge is -2.11. The second-order valence-corrected chi connectivity index (χ2v) is 6.44. The summed E-state index contributed by atoms with van der Waals surface area (Å²) in [6.45, 7) is 0.439.